The molecule has 5 aliphatic heterocycles. The minimum absolute atomic E-state index is 0.00586. The molecule has 0 radical (unpaired) electrons. The van der Waals surface area contributed by atoms with E-state index >= 15 is 0 Å². The number of piperidine rings is 1. The smallest absolute Gasteiger partial charge is 0.311 e. The minimum atomic E-state index is -0.551. The number of unbranched alkanes of at least 4 members (excludes halogenated alkanes) is 1. The Bertz CT molecular complexity index is 494. The summed E-state index contributed by atoms with van der Waals surface area (Å²) in [6.07, 6.45) is 6.27. The SMILES string of the molecule is CCCC[C@@]12[C@@H]3C[C@H]4[C@H]5[C@H](C)C(=O)O[C@@]5(O3)[C@@H]1CCN42. The lowest BCUT2D eigenvalue weighted by Gasteiger charge is -2.48. The predicted molar refractivity (Wildman–Crippen MR) is 71.8 cm³/mol. The van der Waals surface area contributed by atoms with Gasteiger partial charge in [0.1, 0.15) is 0 Å². The second-order valence-corrected chi connectivity index (χ2v) is 7.50. The van der Waals surface area contributed by atoms with Crippen LogP contribution >= 0.6 is 0 Å². The molecule has 0 aromatic carbocycles. The topological polar surface area (TPSA) is 38.8 Å². The molecule has 1 unspecified atom stereocenters. The standard InChI is InChI=1S/C16H23NO3/c1-3-4-6-15-11-5-7-17(15)10-8-12(15)19-16(11)13(10)9(2)14(18)20-16/h9-13H,3-8H2,1-2H3/t9-,10-,11+,12-,13+,15-,16-/m0/s1. The van der Waals surface area contributed by atoms with Crippen LogP contribution in [0.2, 0.25) is 0 Å². The van der Waals surface area contributed by atoms with Crippen LogP contribution in [0.4, 0.5) is 0 Å². The summed E-state index contributed by atoms with van der Waals surface area (Å²) in [6.45, 7) is 5.48. The summed E-state index contributed by atoms with van der Waals surface area (Å²) in [6, 6.07) is 0.519. The van der Waals surface area contributed by atoms with Crippen LogP contribution in [0.3, 0.4) is 0 Å². The molecule has 0 aromatic rings. The molecule has 8 atom stereocenters. The van der Waals surface area contributed by atoms with Crippen molar-refractivity contribution >= 4 is 5.97 Å². The van der Waals surface area contributed by atoms with Gasteiger partial charge in [-0.15, -0.1) is 0 Å². The normalized spacial score (nSPS) is 61.2. The van der Waals surface area contributed by atoms with Gasteiger partial charge in [0.05, 0.1) is 23.5 Å². The molecule has 1 spiro atoms. The van der Waals surface area contributed by atoms with E-state index < -0.39 is 5.79 Å². The zero-order chi connectivity index (χ0) is 13.7. The lowest BCUT2D eigenvalue weighted by molar-refractivity contribution is -0.258. The van der Waals surface area contributed by atoms with E-state index in [4.69, 9.17) is 9.47 Å². The average Bonchev–Trinajstić information content (AvgIpc) is 3.04. The number of carbonyl (C=O) groups is 1. The van der Waals surface area contributed by atoms with E-state index in [-0.39, 0.29) is 23.3 Å². The molecule has 20 heavy (non-hydrogen) atoms. The van der Waals surface area contributed by atoms with Gasteiger partial charge in [-0.25, -0.2) is 0 Å². The highest BCUT2D eigenvalue weighted by Crippen LogP contribution is 2.71. The van der Waals surface area contributed by atoms with Crippen LogP contribution in [0.15, 0.2) is 0 Å². The molecule has 5 fully saturated rings. The molecule has 110 valence electrons. The van der Waals surface area contributed by atoms with Gasteiger partial charge in [-0.2, -0.15) is 0 Å². The first kappa shape index (κ1) is 12.0. The fourth-order valence-corrected chi connectivity index (χ4v) is 6.47. The molecule has 5 saturated heterocycles. The maximum absolute atomic E-state index is 12.2. The Morgan fingerprint density at radius 3 is 3.10 bits per heavy atom. The van der Waals surface area contributed by atoms with Crippen molar-refractivity contribution in [3.05, 3.63) is 0 Å². The molecule has 5 rings (SSSR count). The van der Waals surface area contributed by atoms with Gasteiger partial charge in [-0.1, -0.05) is 26.7 Å². The number of fused-ring (bicyclic) bond motifs is 1. The van der Waals surface area contributed by atoms with Crippen molar-refractivity contribution in [2.24, 2.45) is 17.8 Å². The van der Waals surface area contributed by atoms with E-state index in [0.717, 1.165) is 12.8 Å². The van der Waals surface area contributed by atoms with Gasteiger partial charge in [0.2, 0.25) is 5.79 Å². The largest absolute Gasteiger partial charge is 0.432 e. The molecule has 0 aliphatic carbocycles. The van der Waals surface area contributed by atoms with Crippen molar-refractivity contribution in [1.29, 1.82) is 0 Å². The quantitative estimate of drug-likeness (QED) is 0.739. The van der Waals surface area contributed by atoms with Gasteiger partial charge in [0.25, 0.3) is 0 Å². The van der Waals surface area contributed by atoms with Crippen LogP contribution in [0.5, 0.6) is 0 Å². The highest BCUT2D eigenvalue weighted by Gasteiger charge is 2.84. The average molecular weight is 277 g/mol. The second kappa shape index (κ2) is 3.41. The third kappa shape index (κ3) is 0.970. The Kier molecular flexibility index (Phi) is 2.04. The molecular formula is C16H23NO3. The molecule has 0 saturated carbocycles. The summed E-state index contributed by atoms with van der Waals surface area (Å²) >= 11 is 0. The first-order chi connectivity index (χ1) is 9.65. The van der Waals surface area contributed by atoms with Crippen molar-refractivity contribution in [3.8, 4) is 0 Å². The third-order valence-corrected chi connectivity index (χ3v) is 7.00. The molecule has 0 amide bonds. The lowest BCUT2D eigenvalue weighted by Crippen LogP contribution is -2.61. The van der Waals surface area contributed by atoms with E-state index in [1.54, 1.807) is 0 Å². The number of carbonyl (C=O) groups excluding carboxylic acids is 1. The van der Waals surface area contributed by atoms with Gasteiger partial charge in [-0.3, -0.25) is 9.69 Å². The van der Waals surface area contributed by atoms with Gasteiger partial charge >= 0.3 is 5.97 Å². The first-order valence-corrected chi connectivity index (χ1v) is 8.32. The zero-order valence-corrected chi connectivity index (χ0v) is 12.3. The second-order valence-electron chi connectivity index (χ2n) is 7.50. The Labute approximate surface area is 119 Å². The highest BCUT2D eigenvalue weighted by atomic mass is 16.7. The highest BCUT2D eigenvalue weighted by molar-refractivity contribution is 5.76. The number of hydrogen-bond acceptors (Lipinski definition) is 4. The van der Waals surface area contributed by atoms with Crippen molar-refractivity contribution in [2.75, 3.05) is 6.54 Å². The summed E-state index contributed by atoms with van der Waals surface area (Å²) in [5.74, 6) is 0.123. The van der Waals surface area contributed by atoms with Crippen LogP contribution in [0.25, 0.3) is 0 Å². The molecule has 4 heteroatoms. The minimum Gasteiger partial charge on any atom is -0.432 e. The van der Waals surface area contributed by atoms with Crippen LogP contribution in [-0.2, 0) is 14.3 Å². The van der Waals surface area contributed by atoms with E-state index in [9.17, 15) is 4.79 Å². The Hall–Kier alpha value is -0.610. The van der Waals surface area contributed by atoms with Crippen molar-refractivity contribution in [3.63, 3.8) is 0 Å². The van der Waals surface area contributed by atoms with Crippen LogP contribution in [0.1, 0.15) is 46.0 Å². The lowest BCUT2D eigenvalue weighted by atomic mass is 9.70. The van der Waals surface area contributed by atoms with Crippen molar-refractivity contribution in [1.82, 2.24) is 4.90 Å². The number of nitrogens with zero attached hydrogens (tertiary/aromatic N) is 1. The van der Waals surface area contributed by atoms with E-state index in [0.29, 0.717) is 18.1 Å². The van der Waals surface area contributed by atoms with Gasteiger partial charge in [0, 0.05) is 12.0 Å². The van der Waals surface area contributed by atoms with Gasteiger partial charge in [0.15, 0.2) is 0 Å². The van der Waals surface area contributed by atoms with Crippen LogP contribution in [0, 0.1) is 17.8 Å². The summed E-state index contributed by atoms with van der Waals surface area (Å²) < 4.78 is 12.4. The molecule has 5 heterocycles. The summed E-state index contributed by atoms with van der Waals surface area (Å²) in [7, 11) is 0. The molecule has 4 nitrogen and oxygen atoms in total. The first-order valence-electron chi connectivity index (χ1n) is 8.32. The Morgan fingerprint density at radius 1 is 1.45 bits per heavy atom. The maximum Gasteiger partial charge on any atom is 0.311 e. The summed E-state index contributed by atoms with van der Waals surface area (Å²) in [4.78, 5) is 14.9. The van der Waals surface area contributed by atoms with Crippen LogP contribution < -0.4 is 0 Å². The van der Waals surface area contributed by atoms with Crippen LogP contribution in [-0.4, -0.2) is 40.9 Å². The van der Waals surface area contributed by atoms with Crippen molar-refractivity contribution < 1.29 is 14.3 Å². The fourth-order valence-electron chi connectivity index (χ4n) is 6.47. The zero-order valence-electron chi connectivity index (χ0n) is 12.3. The Balaban J connectivity index is 1.64. The number of ether oxygens (including phenoxy) is 2. The molecule has 0 aromatic heterocycles. The van der Waals surface area contributed by atoms with Crippen molar-refractivity contribution in [2.45, 2.75) is 69.4 Å². The maximum atomic E-state index is 12.2. The molecule has 0 N–H and O–H groups in total. The molecule has 5 aliphatic rings. The fraction of sp³-hybridized carbons (Fsp3) is 0.938. The number of hydrogen-bond donors (Lipinski definition) is 0. The van der Waals surface area contributed by atoms with E-state index in [2.05, 4.69) is 11.8 Å². The Morgan fingerprint density at radius 2 is 2.30 bits per heavy atom. The van der Waals surface area contributed by atoms with E-state index in [1.807, 2.05) is 6.92 Å². The molecule has 5 bridgehead atoms. The monoisotopic (exact) mass is 277 g/mol. The van der Waals surface area contributed by atoms with Gasteiger partial charge in [-0.05, 0) is 25.8 Å². The van der Waals surface area contributed by atoms with E-state index in [1.165, 1.54) is 25.8 Å². The summed E-state index contributed by atoms with van der Waals surface area (Å²) in [5.41, 5.74) is 0.196. The predicted octanol–water partition coefficient (Wildman–Crippen LogP) is 1.93. The third-order valence-electron chi connectivity index (χ3n) is 7.00. The van der Waals surface area contributed by atoms with Gasteiger partial charge < -0.3 is 9.47 Å². The number of esters is 1. The molecular weight excluding hydrogens is 254 g/mol. The number of rotatable bonds is 3. The summed E-state index contributed by atoms with van der Waals surface area (Å²) in [5, 5.41) is 0.